The standard InChI is InChI=1S/C28H47NO4/c1-3-5-7-9-22-11-15-24(16-12-22)26-31-20-28(19-29,21-32-26)27(30)33-25-17-13-23(14-18-25)10-8-6-4-2/h22-26H,3-18,20-21H2,1-2H3/t22?,23?,24?,25?,26-,28+. The van der Waals surface area contributed by atoms with Crippen molar-refractivity contribution in [3.05, 3.63) is 0 Å². The summed E-state index contributed by atoms with van der Waals surface area (Å²) in [5.41, 5.74) is -1.31. The molecule has 3 rings (SSSR count). The van der Waals surface area contributed by atoms with Gasteiger partial charge in [-0.2, -0.15) is 5.26 Å². The number of hydrogen-bond donors (Lipinski definition) is 0. The Morgan fingerprint density at radius 3 is 1.85 bits per heavy atom. The van der Waals surface area contributed by atoms with Gasteiger partial charge < -0.3 is 14.2 Å². The van der Waals surface area contributed by atoms with Crippen LogP contribution in [0.1, 0.15) is 117 Å². The van der Waals surface area contributed by atoms with Gasteiger partial charge in [0.2, 0.25) is 5.41 Å². The molecule has 0 spiro atoms. The molecule has 0 atom stereocenters. The van der Waals surface area contributed by atoms with Crippen molar-refractivity contribution in [2.45, 2.75) is 129 Å². The molecule has 0 amide bonds. The van der Waals surface area contributed by atoms with Crippen LogP contribution >= 0.6 is 0 Å². The van der Waals surface area contributed by atoms with Crippen LogP contribution in [0.3, 0.4) is 0 Å². The van der Waals surface area contributed by atoms with Gasteiger partial charge in [0.15, 0.2) is 6.29 Å². The first-order valence-electron chi connectivity index (χ1n) is 14.0. The monoisotopic (exact) mass is 461 g/mol. The highest BCUT2D eigenvalue weighted by Crippen LogP contribution is 2.38. The molecular formula is C28H47NO4. The average molecular weight is 462 g/mol. The predicted molar refractivity (Wildman–Crippen MR) is 129 cm³/mol. The molecule has 1 saturated heterocycles. The van der Waals surface area contributed by atoms with Crippen molar-refractivity contribution in [3.8, 4) is 6.07 Å². The number of carbonyl (C=O) groups is 1. The van der Waals surface area contributed by atoms with E-state index in [1.165, 1.54) is 64.2 Å². The molecule has 0 aromatic carbocycles. The van der Waals surface area contributed by atoms with Crippen molar-refractivity contribution in [1.82, 2.24) is 0 Å². The zero-order valence-corrected chi connectivity index (χ0v) is 21.2. The first-order valence-corrected chi connectivity index (χ1v) is 14.0. The highest BCUT2D eigenvalue weighted by Gasteiger charge is 2.48. The quantitative estimate of drug-likeness (QED) is 0.246. The Morgan fingerprint density at radius 2 is 1.36 bits per heavy atom. The van der Waals surface area contributed by atoms with E-state index < -0.39 is 11.4 Å². The fourth-order valence-electron chi connectivity index (χ4n) is 5.96. The average Bonchev–Trinajstić information content (AvgIpc) is 2.86. The van der Waals surface area contributed by atoms with Crippen molar-refractivity contribution in [2.24, 2.45) is 23.2 Å². The molecule has 188 valence electrons. The maximum Gasteiger partial charge on any atom is 0.331 e. The molecule has 0 N–H and O–H groups in total. The van der Waals surface area contributed by atoms with Crippen molar-refractivity contribution in [1.29, 1.82) is 5.26 Å². The lowest BCUT2D eigenvalue weighted by molar-refractivity contribution is -0.247. The molecule has 3 fully saturated rings. The molecular weight excluding hydrogens is 414 g/mol. The zero-order chi connectivity index (χ0) is 23.5. The molecule has 5 heteroatoms. The lowest BCUT2D eigenvalue weighted by Crippen LogP contribution is -2.50. The third kappa shape index (κ3) is 7.69. The summed E-state index contributed by atoms with van der Waals surface area (Å²) in [5, 5.41) is 9.83. The van der Waals surface area contributed by atoms with Crippen molar-refractivity contribution in [2.75, 3.05) is 13.2 Å². The second-order valence-corrected chi connectivity index (χ2v) is 11.0. The van der Waals surface area contributed by atoms with Crippen LogP contribution in [0.15, 0.2) is 0 Å². The van der Waals surface area contributed by atoms with E-state index in [1.54, 1.807) is 0 Å². The van der Waals surface area contributed by atoms with Gasteiger partial charge in [0.05, 0.1) is 19.3 Å². The van der Waals surface area contributed by atoms with Crippen LogP contribution in [0, 0.1) is 34.5 Å². The van der Waals surface area contributed by atoms with E-state index in [0.717, 1.165) is 50.4 Å². The number of hydrogen-bond acceptors (Lipinski definition) is 5. The number of unbranched alkanes of at least 4 members (excludes halogenated alkanes) is 4. The number of nitrogens with zero attached hydrogens (tertiary/aromatic N) is 1. The third-order valence-corrected chi connectivity index (χ3v) is 8.37. The summed E-state index contributed by atoms with van der Waals surface area (Å²) in [6.45, 7) is 4.68. The molecule has 0 unspecified atom stereocenters. The minimum absolute atomic E-state index is 0.0640. The van der Waals surface area contributed by atoms with Gasteiger partial charge in [0.1, 0.15) is 6.10 Å². The summed E-state index contributed by atoms with van der Waals surface area (Å²) in [6.07, 6.45) is 18.9. The summed E-state index contributed by atoms with van der Waals surface area (Å²) in [5.74, 6) is 1.53. The lowest BCUT2D eigenvalue weighted by Gasteiger charge is -2.40. The molecule has 0 radical (unpaired) electrons. The Hall–Kier alpha value is -1.12. The van der Waals surface area contributed by atoms with E-state index in [-0.39, 0.29) is 25.6 Å². The van der Waals surface area contributed by atoms with E-state index in [2.05, 4.69) is 19.9 Å². The summed E-state index contributed by atoms with van der Waals surface area (Å²) in [6, 6.07) is 2.18. The van der Waals surface area contributed by atoms with Gasteiger partial charge in [0.25, 0.3) is 0 Å². The van der Waals surface area contributed by atoms with Crippen LogP contribution in [-0.2, 0) is 19.0 Å². The smallest absolute Gasteiger partial charge is 0.331 e. The van der Waals surface area contributed by atoms with E-state index in [9.17, 15) is 10.1 Å². The van der Waals surface area contributed by atoms with Crippen molar-refractivity contribution in [3.63, 3.8) is 0 Å². The normalized spacial score (nSPS) is 35.0. The maximum absolute atomic E-state index is 13.0. The minimum atomic E-state index is -1.31. The van der Waals surface area contributed by atoms with E-state index in [0.29, 0.717) is 5.92 Å². The van der Waals surface area contributed by atoms with E-state index >= 15 is 0 Å². The van der Waals surface area contributed by atoms with Gasteiger partial charge in [-0.25, -0.2) is 0 Å². The van der Waals surface area contributed by atoms with Crippen molar-refractivity contribution >= 4 is 5.97 Å². The first-order chi connectivity index (χ1) is 16.1. The summed E-state index contributed by atoms with van der Waals surface area (Å²) in [7, 11) is 0. The maximum atomic E-state index is 13.0. The molecule has 1 heterocycles. The SMILES string of the molecule is CCCCCC1CCC(OC(=O)[C@]2(C#N)CO[C@H](C3CCC(CCCCC)CC3)OC2)CC1. The Balaban J connectivity index is 1.38. The van der Waals surface area contributed by atoms with Gasteiger partial charge in [-0.15, -0.1) is 0 Å². The first kappa shape index (κ1) is 26.5. The van der Waals surface area contributed by atoms with E-state index in [4.69, 9.17) is 14.2 Å². The van der Waals surface area contributed by atoms with Gasteiger partial charge in [-0.3, -0.25) is 4.79 Å². The highest BCUT2D eigenvalue weighted by molar-refractivity contribution is 5.80. The largest absolute Gasteiger partial charge is 0.461 e. The fourth-order valence-corrected chi connectivity index (χ4v) is 5.96. The molecule has 3 aliphatic rings. The topological polar surface area (TPSA) is 68.6 Å². The molecule has 5 nitrogen and oxygen atoms in total. The lowest BCUT2D eigenvalue weighted by atomic mass is 9.79. The third-order valence-electron chi connectivity index (χ3n) is 8.37. The predicted octanol–water partition coefficient (Wildman–Crippen LogP) is 6.94. The van der Waals surface area contributed by atoms with E-state index in [1.807, 2.05) is 0 Å². The van der Waals surface area contributed by atoms with Crippen LogP contribution in [-0.4, -0.2) is 31.6 Å². The zero-order valence-electron chi connectivity index (χ0n) is 21.2. The molecule has 2 aliphatic carbocycles. The Bertz CT molecular complexity index is 606. The van der Waals surface area contributed by atoms with Gasteiger partial charge in [-0.05, 0) is 63.2 Å². The molecule has 2 saturated carbocycles. The molecule has 33 heavy (non-hydrogen) atoms. The number of rotatable bonds is 11. The van der Waals surface area contributed by atoms with Gasteiger partial charge in [-0.1, -0.05) is 65.2 Å². The number of esters is 1. The summed E-state index contributed by atoms with van der Waals surface area (Å²) in [4.78, 5) is 13.0. The summed E-state index contributed by atoms with van der Waals surface area (Å²) < 4.78 is 17.8. The highest BCUT2D eigenvalue weighted by atomic mass is 16.7. The molecule has 0 aromatic rings. The van der Waals surface area contributed by atoms with Crippen LogP contribution in [0.4, 0.5) is 0 Å². The van der Waals surface area contributed by atoms with Crippen LogP contribution in [0.5, 0.6) is 0 Å². The Morgan fingerprint density at radius 1 is 0.848 bits per heavy atom. The van der Waals surface area contributed by atoms with Gasteiger partial charge in [0, 0.05) is 5.92 Å². The van der Waals surface area contributed by atoms with Crippen LogP contribution < -0.4 is 0 Å². The minimum Gasteiger partial charge on any atom is -0.461 e. The fraction of sp³-hybridized carbons (Fsp3) is 0.929. The van der Waals surface area contributed by atoms with Crippen LogP contribution in [0.25, 0.3) is 0 Å². The second kappa shape index (κ2) is 13.7. The Labute approximate surface area is 201 Å². The van der Waals surface area contributed by atoms with Gasteiger partial charge >= 0.3 is 5.97 Å². The number of carbonyl (C=O) groups excluding carboxylic acids is 1. The molecule has 0 bridgehead atoms. The molecule has 0 aromatic heterocycles. The second-order valence-electron chi connectivity index (χ2n) is 11.0. The van der Waals surface area contributed by atoms with Crippen molar-refractivity contribution < 1.29 is 19.0 Å². The summed E-state index contributed by atoms with van der Waals surface area (Å²) >= 11 is 0. The number of ether oxygens (including phenoxy) is 3. The number of nitriles is 1. The molecule has 1 aliphatic heterocycles. The van der Waals surface area contributed by atoms with Crippen LogP contribution in [0.2, 0.25) is 0 Å². The Kier molecular flexibility index (Phi) is 11.0.